The molecule has 94 valence electrons. The van der Waals surface area contributed by atoms with E-state index < -0.39 is 0 Å². The van der Waals surface area contributed by atoms with Gasteiger partial charge in [0.2, 0.25) is 5.91 Å². The van der Waals surface area contributed by atoms with Gasteiger partial charge in [0, 0.05) is 21.7 Å². The highest BCUT2D eigenvalue weighted by Crippen LogP contribution is 2.30. The molecule has 1 fully saturated rings. The molecule has 1 aromatic rings. The molecular formula is C14H21NOS. The number of carbonyl (C=O) groups is 1. The molecule has 2 rings (SSSR count). The number of amides is 1. The number of carbonyl (C=O) groups excluding carboxylic acids is 1. The first-order valence-electron chi connectivity index (χ1n) is 6.43. The van der Waals surface area contributed by atoms with Crippen LogP contribution in [0.15, 0.2) is 12.1 Å². The van der Waals surface area contributed by atoms with Crippen molar-refractivity contribution in [3.05, 3.63) is 21.9 Å². The number of rotatable bonds is 4. The summed E-state index contributed by atoms with van der Waals surface area (Å²) >= 11 is 1.79. The minimum atomic E-state index is 0.297. The summed E-state index contributed by atoms with van der Waals surface area (Å²) in [4.78, 5) is 17.0. The summed E-state index contributed by atoms with van der Waals surface area (Å²) in [5.74, 6) is 0.663. The quantitative estimate of drug-likeness (QED) is 0.800. The molecule has 1 heterocycles. The van der Waals surface area contributed by atoms with E-state index in [4.69, 9.17) is 0 Å². The van der Waals surface area contributed by atoms with Gasteiger partial charge in [-0.25, -0.2) is 0 Å². The highest BCUT2D eigenvalue weighted by molar-refractivity contribution is 7.11. The van der Waals surface area contributed by atoms with Crippen LogP contribution in [-0.4, -0.2) is 16.8 Å². The topological polar surface area (TPSA) is 20.3 Å². The second-order valence-corrected chi connectivity index (χ2v) is 6.57. The summed E-state index contributed by atoms with van der Waals surface area (Å²) in [6.45, 7) is 7.11. The van der Waals surface area contributed by atoms with E-state index >= 15 is 0 Å². The average molecular weight is 251 g/mol. The lowest BCUT2D eigenvalue weighted by molar-refractivity contribution is -0.140. The van der Waals surface area contributed by atoms with Crippen LogP contribution < -0.4 is 0 Å². The summed E-state index contributed by atoms with van der Waals surface area (Å²) in [5.41, 5.74) is 0. The standard InChI is InChI=1S/C14H21NOS/c1-10(2)15(14(16)12-5-4-6-12)9-13-8-7-11(3)17-13/h7-8,10,12H,4-6,9H2,1-3H3. The number of nitrogens with zero attached hydrogens (tertiary/aromatic N) is 1. The van der Waals surface area contributed by atoms with E-state index in [2.05, 4.69) is 32.9 Å². The van der Waals surface area contributed by atoms with Crippen molar-refractivity contribution >= 4 is 17.2 Å². The molecule has 0 radical (unpaired) electrons. The Labute approximate surface area is 108 Å². The number of hydrogen-bond acceptors (Lipinski definition) is 2. The molecule has 0 bridgehead atoms. The molecule has 1 saturated carbocycles. The molecule has 3 heteroatoms. The van der Waals surface area contributed by atoms with Crippen molar-refractivity contribution in [2.45, 2.75) is 52.6 Å². The molecule has 0 unspecified atom stereocenters. The van der Waals surface area contributed by atoms with Gasteiger partial charge in [-0.1, -0.05) is 6.42 Å². The van der Waals surface area contributed by atoms with Gasteiger partial charge in [-0.05, 0) is 45.7 Å². The Hall–Kier alpha value is -0.830. The fourth-order valence-electron chi connectivity index (χ4n) is 2.14. The average Bonchev–Trinajstić information content (AvgIpc) is 2.57. The van der Waals surface area contributed by atoms with E-state index in [0.717, 1.165) is 19.4 Å². The van der Waals surface area contributed by atoms with Crippen LogP contribution in [0.25, 0.3) is 0 Å². The van der Waals surface area contributed by atoms with Gasteiger partial charge >= 0.3 is 0 Å². The Morgan fingerprint density at radius 2 is 2.18 bits per heavy atom. The number of aryl methyl sites for hydroxylation is 1. The predicted octanol–water partition coefficient (Wildman–Crippen LogP) is 3.59. The van der Waals surface area contributed by atoms with E-state index in [1.54, 1.807) is 11.3 Å². The minimum absolute atomic E-state index is 0.297. The SMILES string of the molecule is Cc1ccc(CN(C(=O)C2CCC2)C(C)C)s1. The summed E-state index contributed by atoms with van der Waals surface area (Å²) in [6, 6.07) is 4.57. The van der Waals surface area contributed by atoms with Crippen molar-refractivity contribution < 1.29 is 4.79 Å². The molecule has 0 aromatic carbocycles. The molecule has 1 aliphatic carbocycles. The number of hydrogen-bond donors (Lipinski definition) is 0. The fraction of sp³-hybridized carbons (Fsp3) is 0.643. The van der Waals surface area contributed by atoms with E-state index in [1.807, 2.05) is 4.90 Å². The lowest BCUT2D eigenvalue weighted by Crippen LogP contribution is -2.42. The summed E-state index contributed by atoms with van der Waals surface area (Å²) < 4.78 is 0. The van der Waals surface area contributed by atoms with Gasteiger partial charge in [0.1, 0.15) is 0 Å². The van der Waals surface area contributed by atoms with Crippen molar-refractivity contribution in [1.82, 2.24) is 4.90 Å². The summed E-state index contributed by atoms with van der Waals surface area (Å²) in [6.07, 6.45) is 3.40. The van der Waals surface area contributed by atoms with Gasteiger partial charge in [0.05, 0.1) is 6.54 Å². The van der Waals surface area contributed by atoms with Gasteiger partial charge in [-0.2, -0.15) is 0 Å². The second kappa shape index (κ2) is 5.21. The van der Waals surface area contributed by atoms with Crippen molar-refractivity contribution in [2.24, 2.45) is 5.92 Å². The molecule has 1 aromatic heterocycles. The molecule has 1 amide bonds. The molecule has 17 heavy (non-hydrogen) atoms. The van der Waals surface area contributed by atoms with Gasteiger partial charge in [0.25, 0.3) is 0 Å². The van der Waals surface area contributed by atoms with Crippen LogP contribution in [0.2, 0.25) is 0 Å². The van der Waals surface area contributed by atoms with Crippen LogP contribution in [0.5, 0.6) is 0 Å². The Balaban J connectivity index is 2.04. The maximum Gasteiger partial charge on any atom is 0.226 e. The van der Waals surface area contributed by atoms with Gasteiger partial charge in [-0.15, -0.1) is 11.3 Å². The number of thiophene rings is 1. The molecule has 0 spiro atoms. The summed E-state index contributed by atoms with van der Waals surface area (Å²) in [7, 11) is 0. The van der Waals surface area contributed by atoms with E-state index in [0.29, 0.717) is 17.9 Å². The van der Waals surface area contributed by atoms with E-state index in [-0.39, 0.29) is 0 Å². The highest BCUT2D eigenvalue weighted by Gasteiger charge is 2.30. The lowest BCUT2D eigenvalue weighted by atomic mass is 9.84. The molecule has 1 aliphatic rings. The Kier molecular flexibility index (Phi) is 3.87. The first-order chi connectivity index (χ1) is 8.08. The lowest BCUT2D eigenvalue weighted by Gasteiger charge is -2.34. The van der Waals surface area contributed by atoms with Crippen LogP contribution in [0.3, 0.4) is 0 Å². The van der Waals surface area contributed by atoms with Crippen LogP contribution >= 0.6 is 11.3 Å². The second-order valence-electron chi connectivity index (χ2n) is 5.20. The smallest absolute Gasteiger partial charge is 0.226 e. The van der Waals surface area contributed by atoms with Crippen LogP contribution in [0.4, 0.5) is 0 Å². The Morgan fingerprint density at radius 3 is 2.59 bits per heavy atom. The molecule has 0 saturated heterocycles. The fourth-order valence-corrected chi connectivity index (χ4v) is 3.03. The van der Waals surface area contributed by atoms with Crippen molar-refractivity contribution in [1.29, 1.82) is 0 Å². The largest absolute Gasteiger partial charge is 0.335 e. The molecule has 0 atom stereocenters. The Morgan fingerprint density at radius 1 is 1.47 bits per heavy atom. The normalized spacial score (nSPS) is 16.0. The van der Waals surface area contributed by atoms with Crippen molar-refractivity contribution in [2.75, 3.05) is 0 Å². The maximum atomic E-state index is 12.3. The monoisotopic (exact) mass is 251 g/mol. The van der Waals surface area contributed by atoms with Crippen molar-refractivity contribution in [3.63, 3.8) is 0 Å². The zero-order chi connectivity index (χ0) is 12.4. The first kappa shape index (κ1) is 12.6. The predicted molar refractivity (Wildman–Crippen MR) is 72.1 cm³/mol. The molecule has 0 aliphatic heterocycles. The minimum Gasteiger partial charge on any atom is -0.335 e. The van der Waals surface area contributed by atoms with Crippen LogP contribution in [0, 0.1) is 12.8 Å². The first-order valence-corrected chi connectivity index (χ1v) is 7.25. The van der Waals surface area contributed by atoms with Crippen LogP contribution in [-0.2, 0) is 11.3 Å². The molecular weight excluding hydrogens is 230 g/mol. The highest BCUT2D eigenvalue weighted by atomic mass is 32.1. The third-order valence-electron chi connectivity index (χ3n) is 3.48. The summed E-state index contributed by atoms with van der Waals surface area (Å²) in [5, 5.41) is 0. The zero-order valence-electron chi connectivity index (χ0n) is 10.9. The Bertz CT molecular complexity index is 393. The van der Waals surface area contributed by atoms with Gasteiger partial charge in [0.15, 0.2) is 0 Å². The molecule has 0 N–H and O–H groups in total. The third-order valence-corrected chi connectivity index (χ3v) is 4.47. The molecule has 2 nitrogen and oxygen atoms in total. The van der Waals surface area contributed by atoms with E-state index in [1.165, 1.54) is 16.2 Å². The maximum absolute atomic E-state index is 12.3. The van der Waals surface area contributed by atoms with Crippen LogP contribution in [0.1, 0.15) is 42.9 Å². The zero-order valence-corrected chi connectivity index (χ0v) is 11.7. The van der Waals surface area contributed by atoms with Gasteiger partial charge < -0.3 is 4.90 Å². The van der Waals surface area contributed by atoms with Gasteiger partial charge in [-0.3, -0.25) is 4.79 Å². The van der Waals surface area contributed by atoms with Crippen molar-refractivity contribution in [3.8, 4) is 0 Å². The third kappa shape index (κ3) is 2.89. The van der Waals surface area contributed by atoms with E-state index in [9.17, 15) is 4.79 Å².